The van der Waals surface area contributed by atoms with Gasteiger partial charge < -0.3 is 14.9 Å². The summed E-state index contributed by atoms with van der Waals surface area (Å²) in [7, 11) is -4.01. The van der Waals surface area contributed by atoms with Crippen LogP contribution in [0.2, 0.25) is 0 Å². The first-order chi connectivity index (χ1) is 8.92. The van der Waals surface area contributed by atoms with Crippen molar-refractivity contribution in [2.24, 2.45) is 0 Å². The van der Waals surface area contributed by atoms with Crippen molar-refractivity contribution < 1.29 is 19.5 Å². The van der Waals surface area contributed by atoms with Crippen LogP contribution in [-0.4, -0.2) is 14.9 Å². The second kappa shape index (κ2) is 5.80. The molecule has 0 amide bonds. The summed E-state index contributed by atoms with van der Waals surface area (Å²) in [6, 6.07) is 13.9. The van der Waals surface area contributed by atoms with Crippen LogP contribution in [0, 0.1) is 0 Å². The van der Waals surface area contributed by atoms with Crippen molar-refractivity contribution in [1.82, 2.24) is 0 Å². The standard InChI is InChI=1S/C13H13O4PS/c14-11-3-7-13(8-4-11)19-12-5-1-10(2-6-12)9-18(15,16)17/h1-8,14H,9H2,(H2,15,16,17). The molecule has 0 bridgehead atoms. The summed E-state index contributed by atoms with van der Waals surface area (Å²) in [6.45, 7) is 0. The Kier molecular flexibility index (Phi) is 4.32. The number of hydrogen-bond donors (Lipinski definition) is 3. The summed E-state index contributed by atoms with van der Waals surface area (Å²) >= 11 is 1.52. The van der Waals surface area contributed by atoms with E-state index in [0.29, 0.717) is 5.56 Å². The largest absolute Gasteiger partial charge is 0.508 e. The summed E-state index contributed by atoms with van der Waals surface area (Å²) in [5.74, 6) is 0.223. The first-order valence-electron chi connectivity index (χ1n) is 5.53. The highest BCUT2D eigenvalue weighted by atomic mass is 32.2. The average molecular weight is 296 g/mol. The molecular weight excluding hydrogens is 283 g/mol. The number of benzene rings is 2. The first-order valence-corrected chi connectivity index (χ1v) is 8.14. The van der Waals surface area contributed by atoms with Crippen molar-refractivity contribution in [3.63, 3.8) is 0 Å². The van der Waals surface area contributed by atoms with Gasteiger partial charge in [-0.25, -0.2) is 0 Å². The lowest BCUT2D eigenvalue weighted by molar-refractivity contribution is 0.371. The predicted octanol–water partition coefficient (Wildman–Crippen LogP) is 3.22. The summed E-state index contributed by atoms with van der Waals surface area (Å²) < 4.78 is 10.9. The van der Waals surface area contributed by atoms with Crippen LogP contribution in [0.5, 0.6) is 5.75 Å². The van der Waals surface area contributed by atoms with Crippen LogP contribution in [0.25, 0.3) is 0 Å². The molecule has 100 valence electrons. The molecule has 0 aliphatic rings. The van der Waals surface area contributed by atoms with E-state index >= 15 is 0 Å². The zero-order valence-corrected chi connectivity index (χ0v) is 11.6. The summed E-state index contributed by atoms with van der Waals surface area (Å²) in [6.07, 6.45) is -0.239. The van der Waals surface area contributed by atoms with Crippen molar-refractivity contribution in [3.05, 3.63) is 54.1 Å². The van der Waals surface area contributed by atoms with Gasteiger partial charge in [0.15, 0.2) is 0 Å². The van der Waals surface area contributed by atoms with Crippen molar-refractivity contribution >= 4 is 19.4 Å². The van der Waals surface area contributed by atoms with Crippen LogP contribution >= 0.6 is 19.4 Å². The molecule has 0 radical (unpaired) electrons. The molecule has 2 rings (SSSR count). The number of hydrogen-bond acceptors (Lipinski definition) is 3. The van der Waals surface area contributed by atoms with Gasteiger partial charge in [-0.3, -0.25) is 4.57 Å². The van der Waals surface area contributed by atoms with E-state index in [1.165, 1.54) is 11.8 Å². The van der Waals surface area contributed by atoms with E-state index in [2.05, 4.69) is 0 Å². The fraction of sp³-hybridized carbons (Fsp3) is 0.0769. The Morgan fingerprint density at radius 1 is 0.895 bits per heavy atom. The number of aromatic hydroxyl groups is 1. The van der Waals surface area contributed by atoms with Gasteiger partial charge in [-0.15, -0.1) is 0 Å². The Hall–Kier alpha value is -1.26. The SMILES string of the molecule is O=P(O)(O)Cc1ccc(Sc2ccc(O)cc2)cc1. The molecule has 2 aromatic rings. The molecule has 0 fully saturated rings. The van der Waals surface area contributed by atoms with Crippen molar-refractivity contribution in [2.45, 2.75) is 16.0 Å². The molecule has 0 aliphatic heterocycles. The van der Waals surface area contributed by atoms with Gasteiger partial charge in [0.25, 0.3) is 0 Å². The molecule has 2 aromatic carbocycles. The number of phenolic OH excluding ortho intramolecular Hbond substituents is 1. The molecule has 0 aliphatic carbocycles. The van der Waals surface area contributed by atoms with Gasteiger partial charge in [-0.2, -0.15) is 0 Å². The minimum Gasteiger partial charge on any atom is -0.508 e. The van der Waals surface area contributed by atoms with E-state index in [-0.39, 0.29) is 11.9 Å². The van der Waals surface area contributed by atoms with E-state index in [1.54, 1.807) is 24.3 Å². The average Bonchev–Trinajstić information content (AvgIpc) is 2.33. The van der Waals surface area contributed by atoms with Gasteiger partial charge in [-0.05, 0) is 42.0 Å². The maximum absolute atomic E-state index is 10.9. The van der Waals surface area contributed by atoms with Crippen LogP contribution in [0.3, 0.4) is 0 Å². The van der Waals surface area contributed by atoms with Crippen LogP contribution in [0.1, 0.15) is 5.56 Å². The summed E-state index contributed by atoms with van der Waals surface area (Å²) in [4.78, 5) is 19.7. The first kappa shape index (κ1) is 14.2. The summed E-state index contributed by atoms with van der Waals surface area (Å²) in [5, 5.41) is 9.18. The molecule has 3 N–H and O–H groups in total. The molecule has 0 heterocycles. The highest BCUT2D eigenvalue weighted by Crippen LogP contribution is 2.39. The Balaban J connectivity index is 2.06. The van der Waals surface area contributed by atoms with Crippen molar-refractivity contribution in [1.29, 1.82) is 0 Å². The van der Waals surface area contributed by atoms with Crippen LogP contribution in [0.15, 0.2) is 58.3 Å². The minimum atomic E-state index is -4.01. The molecule has 19 heavy (non-hydrogen) atoms. The minimum absolute atomic E-state index is 0.223. The lowest BCUT2D eigenvalue weighted by Gasteiger charge is -2.06. The maximum atomic E-state index is 10.9. The molecule has 0 atom stereocenters. The molecule has 0 spiro atoms. The van der Waals surface area contributed by atoms with Gasteiger partial charge in [-0.1, -0.05) is 23.9 Å². The molecular formula is C13H13O4PS. The highest BCUT2D eigenvalue weighted by molar-refractivity contribution is 7.99. The van der Waals surface area contributed by atoms with Gasteiger partial charge in [0.1, 0.15) is 5.75 Å². The zero-order chi connectivity index (χ0) is 13.9. The number of rotatable bonds is 4. The van der Waals surface area contributed by atoms with Crippen LogP contribution in [0.4, 0.5) is 0 Å². The van der Waals surface area contributed by atoms with E-state index < -0.39 is 7.60 Å². The molecule has 0 saturated heterocycles. The van der Waals surface area contributed by atoms with E-state index in [0.717, 1.165) is 9.79 Å². The predicted molar refractivity (Wildman–Crippen MR) is 74.4 cm³/mol. The Labute approximate surface area is 115 Å². The van der Waals surface area contributed by atoms with Gasteiger partial charge in [0.05, 0.1) is 6.16 Å². The third-order valence-electron chi connectivity index (χ3n) is 2.38. The molecule has 0 unspecified atom stereocenters. The van der Waals surface area contributed by atoms with E-state index in [9.17, 15) is 9.67 Å². The number of phenols is 1. The van der Waals surface area contributed by atoms with Gasteiger partial charge >= 0.3 is 7.60 Å². The molecule has 0 saturated carbocycles. The fourth-order valence-electron chi connectivity index (χ4n) is 1.55. The Morgan fingerprint density at radius 3 is 1.84 bits per heavy atom. The lowest BCUT2D eigenvalue weighted by atomic mass is 10.2. The van der Waals surface area contributed by atoms with Crippen LogP contribution < -0.4 is 0 Å². The third-order valence-corrected chi connectivity index (χ3v) is 4.18. The quantitative estimate of drug-likeness (QED) is 0.755. The molecule has 6 heteroatoms. The van der Waals surface area contributed by atoms with Gasteiger partial charge in [0.2, 0.25) is 0 Å². The maximum Gasteiger partial charge on any atom is 0.329 e. The second-order valence-electron chi connectivity index (χ2n) is 4.06. The molecule has 4 nitrogen and oxygen atoms in total. The van der Waals surface area contributed by atoms with E-state index in [4.69, 9.17) is 9.79 Å². The van der Waals surface area contributed by atoms with Crippen LogP contribution in [-0.2, 0) is 10.7 Å². The Bertz CT molecular complexity index is 589. The third kappa shape index (κ3) is 4.73. The normalized spacial score (nSPS) is 11.5. The second-order valence-corrected chi connectivity index (χ2v) is 6.86. The van der Waals surface area contributed by atoms with Crippen molar-refractivity contribution in [2.75, 3.05) is 0 Å². The summed E-state index contributed by atoms with van der Waals surface area (Å²) in [5.41, 5.74) is 0.614. The fourth-order valence-corrected chi connectivity index (χ4v) is 3.05. The Morgan fingerprint density at radius 2 is 1.37 bits per heavy atom. The topological polar surface area (TPSA) is 77.8 Å². The lowest BCUT2D eigenvalue weighted by Crippen LogP contribution is -1.86. The van der Waals surface area contributed by atoms with Gasteiger partial charge in [0, 0.05) is 9.79 Å². The zero-order valence-electron chi connectivity index (χ0n) is 9.93. The van der Waals surface area contributed by atoms with E-state index in [1.807, 2.05) is 24.3 Å². The smallest absolute Gasteiger partial charge is 0.329 e. The monoisotopic (exact) mass is 296 g/mol. The highest BCUT2D eigenvalue weighted by Gasteiger charge is 2.13. The van der Waals surface area contributed by atoms with Crippen molar-refractivity contribution in [3.8, 4) is 5.75 Å². The molecule has 0 aromatic heterocycles.